The van der Waals surface area contributed by atoms with Gasteiger partial charge in [-0.2, -0.15) is 0 Å². The van der Waals surface area contributed by atoms with E-state index in [9.17, 15) is 8.60 Å². The van der Waals surface area contributed by atoms with Crippen LogP contribution in [0.2, 0.25) is 0 Å². The number of hydrogen-bond donors (Lipinski definition) is 1. The average molecular weight is 159 g/mol. The molecule has 0 radical (unpaired) electrons. The van der Waals surface area contributed by atoms with Gasteiger partial charge in [-0.15, -0.1) is 0 Å². The van der Waals surface area contributed by atoms with Gasteiger partial charge in [0.05, 0.1) is 4.90 Å². The van der Waals surface area contributed by atoms with Crippen LogP contribution in [0.25, 0.3) is 0 Å². The maximum atomic E-state index is 12.6. The lowest BCUT2D eigenvalue weighted by Crippen LogP contribution is -2.04. The molecule has 2 N–H and O–H groups in total. The molecule has 54 valence electrons. The monoisotopic (exact) mass is 159 g/mol. The first-order valence-corrected chi connectivity index (χ1v) is 3.84. The Bertz CT molecular complexity index is 264. The van der Waals surface area contributed by atoms with Crippen molar-refractivity contribution in [1.29, 1.82) is 0 Å². The first kappa shape index (κ1) is 7.37. The quantitative estimate of drug-likeness (QED) is 0.647. The summed E-state index contributed by atoms with van der Waals surface area (Å²) >= 11 is 0. The summed E-state index contributed by atoms with van der Waals surface area (Å²) in [6, 6.07) is 5.72. The van der Waals surface area contributed by atoms with Crippen LogP contribution in [-0.4, -0.2) is 4.21 Å². The van der Waals surface area contributed by atoms with Crippen LogP contribution in [0.15, 0.2) is 29.2 Å². The normalized spacial score (nSPS) is 13.0. The van der Waals surface area contributed by atoms with Crippen LogP contribution in [0, 0.1) is 5.82 Å². The predicted octanol–water partition coefficient (Wildman–Crippen LogP) is 0.807. The van der Waals surface area contributed by atoms with Crippen LogP contribution in [0.1, 0.15) is 0 Å². The summed E-state index contributed by atoms with van der Waals surface area (Å²) in [7, 11) is -1.72. The fourth-order valence-electron chi connectivity index (χ4n) is 0.608. The zero-order valence-electron chi connectivity index (χ0n) is 5.08. The van der Waals surface area contributed by atoms with Gasteiger partial charge in [0.1, 0.15) is 16.8 Å². The second kappa shape index (κ2) is 2.90. The van der Waals surface area contributed by atoms with Gasteiger partial charge in [-0.3, -0.25) is 0 Å². The number of hydrogen-bond acceptors (Lipinski definition) is 1. The van der Waals surface area contributed by atoms with Gasteiger partial charge in [-0.05, 0) is 12.1 Å². The lowest BCUT2D eigenvalue weighted by molar-refractivity contribution is 0.595. The highest BCUT2D eigenvalue weighted by molar-refractivity contribution is 7.82. The fraction of sp³-hybridized carbons (Fsp3) is 0. The van der Waals surface area contributed by atoms with Crippen molar-refractivity contribution in [2.24, 2.45) is 5.14 Å². The minimum atomic E-state index is -1.72. The third-order valence-electron chi connectivity index (χ3n) is 1.05. The molecule has 0 spiro atoms. The lowest BCUT2D eigenvalue weighted by Gasteiger charge is -1.94. The van der Waals surface area contributed by atoms with E-state index in [1.165, 1.54) is 18.2 Å². The zero-order chi connectivity index (χ0) is 7.56. The van der Waals surface area contributed by atoms with E-state index in [-0.39, 0.29) is 4.90 Å². The summed E-state index contributed by atoms with van der Waals surface area (Å²) in [4.78, 5) is 0.0440. The van der Waals surface area contributed by atoms with Crippen molar-refractivity contribution in [1.82, 2.24) is 0 Å². The van der Waals surface area contributed by atoms with Crippen LogP contribution in [0.4, 0.5) is 4.39 Å². The van der Waals surface area contributed by atoms with Crippen molar-refractivity contribution in [3.63, 3.8) is 0 Å². The Morgan fingerprint density at radius 1 is 1.40 bits per heavy atom. The number of halogens is 1. The molecule has 0 aliphatic heterocycles. The standard InChI is InChI=1S/C6H6FNOS/c7-5-3-1-2-4-6(5)10(8)9/h1-4H,8H2/t10-/m1/s1. The molecule has 0 aromatic heterocycles. The van der Waals surface area contributed by atoms with Crippen molar-refractivity contribution in [2.75, 3.05) is 0 Å². The maximum Gasteiger partial charge on any atom is 0.140 e. The van der Waals surface area contributed by atoms with Gasteiger partial charge < -0.3 is 0 Å². The van der Waals surface area contributed by atoms with Crippen LogP contribution in [0.5, 0.6) is 0 Å². The summed E-state index contributed by atoms with van der Waals surface area (Å²) < 4.78 is 23.1. The fourth-order valence-corrected chi connectivity index (χ4v) is 1.08. The van der Waals surface area contributed by atoms with E-state index in [1.54, 1.807) is 6.07 Å². The largest absolute Gasteiger partial charge is 0.247 e. The van der Waals surface area contributed by atoms with Gasteiger partial charge in [0.15, 0.2) is 0 Å². The Kier molecular flexibility index (Phi) is 2.13. The maximum absolute atomic E-state index is 12.6. The third-order valence-corrected chi connectivity index (χ3v) is 1.82. The van der Waals surface area contributed by atoms with Crippen LogP contribution < -0.4 is 5.14 Å². The van der Waals surface area contributed by atoms with Crippen LogP contribution in [-0.2, 0) is 11.0 Å². The molecule has 0 fully saturated rings. The van der Waals surface area contributed by atoms with E-state index < -0.39 is 16.8 Å². The van der Waals surface area contributed by atoms with E-state index in [0.29, 0.717) is 0 Å². The highest BCUT2D eigenvalue weighted by atomic mass is 32.2. The van der Waals surface area contributed by atoms with E-state index in [2.05, 4.69) is 0 Å². The molecular formula is C6H6FNOS. The number of benzene rings is 1. The Balaban J connectivity index is 3.15. The summed E-state index contributed by atoms with van der Waals surface area (Å²) in [5.74, 6) is -0.525. The molecule has 0 amide bonds. The van der Waals surface area contributed by atoms with E-state index >= 15 is 0 Å². The molecule has 0 bridgehead atoms. The summed E-state index contributed by atoms with van der Waals surface area (Å²) in [5, 5.41) is 4.95. The molecule has 10 heavy (non-hydrogen) atoms. The second-order valence-electron chi connectivity index (χ2n) is 1.73. The van der Waals surface area contributed by atoms with E-state index in [4.69, 9.17) is 5.14 Å². The Morgan fingerprint density at radius 2 is 2.00 bits per heavy atom. The van der Waals surface area contributed by atoms with Gasteiger partial charge in [0.25, 0.3) is 0 Å². The molecule has 0 unspecified atom stereocenters. The molecule has 4 heteroatoms. The molecule has 1 atom stereocenters. The summed E-state index contributed by atoms with van der Waals surface area (Å²) in [6.45, 7) is 0. The van der Waals surface area contributed by atoms with Crippen molar-refractivity contribution >= 4 is 11.0 Å². The first-order chi connectivity index (χ1) is 4.72. The van der Waals surface area contributed by atoms with Gasteiger partial charge in [0.2, 0.25) is 0 Å². The summed E-state index contributed by atoms with van der Waals surface area (Å²) in [5.41, 5.74) is 0. The molecule has 0 heterocycles. The Morgan fingerprint density at radius 3 is 2.40 bits per heavy atom. The molecular weight excluding hydrogens is 153 g/mol. The van der Waals surface area contributed by atoms with Crippen molar-refractivity contribution in [2.45, 2.75) is 4.90 Å². The van der Waals surface area contributed by atoms with Gasteiger partial charge in [-0.1, -0.05) is 12.1 Å². The van der Waals surface area contributed by atoms with Gasteiger partial charge in [0, 0.05) is 0 Å². The molecule has 1 rings (SSSR count). The minimum Gasteiger partial charge on any atom is -0.247 e. The minimum absolute atomic E-state index is 0.0440. The van der Waals surface area contributed by atoms with Gasteiger partial charge >= 0.3 is 0 Å². The molecule has 2 nitrogen and oxygen atoms in total. The molecule has 1 aromatic rings. The van der Waals surface area contributed by atoms with Gasteiger partial charge in [-0.25, -0.2) is 13.7 Å². The zero-order valence-corrected chi connectivity index (χ0v) is 5.90. The summed E-state index contributed by atoms with van der Waals surface area (Å²) in [6.07, 6.45) is 0. The van der Waals surface area contributed by atoms with E-state index in [1.807, 2.05) is 0 Å². The predicted molar refractivity (Wildman–Crippen MR) is 37.0 cm³/mol. The Hall–Kier alpha value is -0.740. The molecule has 0 saturated carbocycles. The topological polar surface area (TPSA) is 43.1 Å². The van der Waals surface area contributed by atoms with Crippen LogP contribution in [0.3, 0.4) is 0 Å². The smallest absolute Gasteiger partial charge is 0.140 e. The highest BCUT2D eigenvalue weighted by Crippen LogP contribution is 2.07. The average Bonchev–Trinajstić information content (AvgIpc) is 1.88. The van der Waals surface area contributed by atoms with Crippen molar-refractivity contribution in [3.05, 3.63) is 30.1 Å². The molecule has 0 saturated heterocycles. The SMILES string of the molecule is N[S@](=O)c1ccccc1F. The number of rotatable bonds is 1. The molecule has 0 aliphatic rings. The Labute approximate surface area is 60.4 Å². The highest BCUT2D eigenvalue weighted by Gasteiger charge is 2.02. The van der Waals surface area contributed by atoms with Crippen LogP contribution >= 0.6 is 0 Å². The third kappa shape index (κ3) is 1.40. The second-order valence-corrected chi connectivity index (χ2v) is 2.76. The first-order valence-electron chi connectivity index (χ1n) is 2.62. The van der Waals surface area contributed by atoms with Crippen molar-refractivity contribution in [3.8, 4) is 0 Å². The van der Waals surface area contributed by atoms with E-state index in [0.717, 1.165) is 0 Å². The lowest BCUT2D eigenvalue weighted by atomic mass is 10.4. The molecule has 0 aliphatic carbocycles. The number of nitrogens with two attached hydrogens (primary N) is 1. The van der Waals surface area contributed by atoms with Crippen molar-refractivity contribution < 1.29 is 8.60 Å². The molecule has 1 aromatic carbocycles.